The molecule has 0 saturated carbocycles. The van der Waals surface area contributed by atoms with Gasteiger partial charge in [-0.05, 0) is 89.9 Å². The molecule has 9 heteroatoms. The standard InChI is InChI=1S/C64H107NO8/c1-3-5-7-9-11-13-15-17-19-21-22-23-24-25-26-27-28-29-30-31-32-33-34-35-36-38-40-42-44-46-48-50-52-54-60(68)65-57(56-72-64-63(71)62(70)61(69)59(55-66)73-64)58(67)53-51-49-47-45-43-41-39-37-20-18-16-14-12-10-8-6-4-2/h5,7,11,13,17,19,22-23,25-26,28-29,31-32,34-35,38,40,44,46,57-59,61-64,66-67,69-71H,3-4,6,8-10,12,14-16,18,20-21,24,27,30,33,36-37,39,41-43,45,47-56H2,1-2H3,(H,65,68)/b7-5-,13-11-,19-17-,23-22-,26-25-,29-28-,32-31-,35-34-,40-38-,46-44-. The molecule has 0 aromatic rings. The van der Waals surface area contributed by atoms with Crippen molar-refractivity contribution in [1.29, 1.82) is 0 Å². The van der Waals surface area contributed by atoms with Crippen LogP contribution in [0.25, 0.3) is 0 Å². The van der Waals surface area contributed by atoms with Crippen LogP contribution in [0.15, 0.2) is 122 Å². The third kappa shape index (κ3) is 41.5. The molecule has 6 N–H and O–H groups in total. The number of ether oxygens (including phenoxy) is 2. The number of rotatable bonds is 48. The molecule has 1 aliphatic heterocycles. The Kier molecular flexibility index (Phi) is 48.2. The lowest BCUT2D eigenvalue weighted by Gasteiger charge is -2.40. The molecule has 9 nitrogen and oxygen atoms in total. The summed E-state index contributed by atoms with van der Waals surface area (Å²) in [5.74, 6) is -0.191. The third-order valence-corrected chi connectivity index (χ3v) is 13.1. The highest BCUT2D eigenvalue weighted by Crippen LogP contribution is 2.23. The van der Waals surface area contributed by atoms with Gasteiger partial charge < -0.3 is 40.3 Å². The maximum atomic E-state index is 13.1. The number of carbonyl (C=O) groups is 1. The molecule has 0 spiro atoms. The van der Waals surface area contributed by atoms with E-state index in [2.05, 4.69) is 141 Å². The van der Waals surface area contributed by atoms with Gasteiger partial charge in [0.1, 0.15) is 24.4 Å². The molecule has 7 atom stereocenters. The summed E-state index contributed by atoms with van der Waals surface area (Å²) in [4.78, 5) is 13.1. The zero-order chi connectivity index (χ0) is 52.9. The van der Waals surface area contributed by atoms with Gasteiger partial charge in [-0.1, -0.05) is 245 Å². The van der Waals surface area contributed by atoms with Crippen LogP contribution in [-0.2, 0) is 14.3 Å². The van der Waals surface area contributed by atoms with Gasteiger partial charge in [-0.15, -0.1) is 0 Å². The number of aliphatic hydroxyl groups is 5. The van der Waals surface area contributed by atoms with Crippen molar-refractivity contribution >= 4 is 5.91 Å². The van der Waals surface area contributed by atoms with Gasteiger partial charge in [0.15, 0.2) is 6.29 Å². The molecule has 1 aliphatic rings. The number of unbranched alkanes of at least 4 members (excludes halogenated alkanes) is 18. The van der Waals surface area contributed by atoms with E-state index in [-0.39, 0.29) is 12.5 Å². The predicted molar refractivity (Wildman–Crippen MR) is 308 cm³/mol. The molecule has 73 heavy (non-hydrogen) atoms. The minimum Gasteiger partial charge on any atom is -0.394 e. The highest BCUT2D eigenvalue weighted by atomic mass is 16.7. The Morgan fingerprint density at radius 2 is 0.849 bits per heavy atom. The SMILES string of the molecule is CC/C=C\C/C=C\C/C=C\C/C=C\C/C=C\C/C=C\C/C=C\C/C=C\C/C=C\C/C=C\CCCCC(=O)NC(COC1OC(CO)C(O)C(O)C1O)C(O)CCCCCCCCCCCCCCCCCCC. The second kappa shape index (κ2) is 52.0. The zero-order valence-electron chi connectivity index (χ0n) is 46.1. The summed E-state index contributed by atoms with van der Waals surface area (Å²) in [6.45, 7) is 3.70. The summed E-state index contributed by atoms with van der Waals surface area (Å²) in [6, 6.07) is -0.752. The maximum absolute atomic E-state index is 13.1. The van der Waals surface area contributed by atoms with Crippen LogP contribution >= 0.6 is 0 Å². The number of allylic oxidation sites excluding steroid dienone is 20. The van der Waals surface area contributed by atoms with Crippen molar-refractivity contribution in [2.75, 3.05) is 13.2 Å². The van der Waals surface area contributed by atoms with E-state index in [1.165, 1.54) is 89.9 Å². The highest BCUT2D eigenvalue weighted by molar-refractivity contribution is 5.76. The Bertz CT molecular complexity index is 1560. The minimum atomic E-state index is -1.57. The van der Waals surface area contributed by atoms with Crippen LogP contribution in [0.2, 0.25) is 0 Å². The second-order valence-electron chi connectivity index (χ2n) is 19.7. The molecule has 1 heterocycles. The Morgan fingerprint density at radius 3 is 1.23 bits per heavy atom. The van der Waals surface area contributed by atoms with E-state index in [1.54, 1.807) is 0 Å². The van der Waals surface area contributed by atoms with Gasteiger partial charge in [0, 0.05) is 6.42 Å². The van der Waals surface area contributed by atoms with Crippen molar-refractivity contribution in [3.05, 3.63) is 122 Å². The normalized spacial score (nSPS) is 20.0. The van der Waals surface area contributed by atoms with Gasteiger partial charge in [-0.2, -0.15) is 0 Å². The van der Waals surface area contributed by atoms with Crippen LogP contribution in [0.3, 0.4) is 0 Å². The first-order chi connectivity index (χ1) is 35.8. The van der Waals surface area contributed by atoms with E-state index < -0.39 is 49.5 Å². The van der Waals surface area contributed by atoms with Crippen molar-refractivity contribution < 1.29 is 39.8 Å². The molecule has 1 amide bonds. The Morgan fingerprint density at radius 1 is 0.479 bits per heavy atom. The smallest absolute Gasteiger partial charge is 0.220 e. The molecule has 416 valence electrons. The lowest BCUT2D eigenvalue weighted by Crippen LogP contribution is -2.60. The number of hydrogen-bond donors (Lipinski definition) is 6. The first-order valence-electron chi connectivity index (χ1n) is 29.2. The number of amides is 1. The lowest BCUT2D eigenvalue weighted by atomic mass is 9.99. The van der Waals surface area contributed by atoms with Gasteiger partial charge in [-0.3, -0.25) is 4.79 Å². The third-order valence-electron chi connectivity index (χ3n) is 13.1. The predicted octanol–water partition coefficient (Wildman–Crippen LogP) is 14.7. The van der Waals surface area contributed by atoms with Crippen molar-refractivity contribution in [3.8, 4) is 0 Å². The van der Waals surface area contributed by atoms with Crippen LogP contribution in [0.5, 0.6) is 0 Å². The zero-order valence-corrected chi connectivity index (χ0v) is 46.1. The Labute approximate surface area is 446 Å². The average Bonchev–Trinajstić information content (AvgIpc) is 3.39. The van der Waals surface area contributed by atoms with E-state index in [9.17, 15) is 30.3 Å². The molecular formula is C64H107NO8. The second-order valence-corrected chi connectivity index (χ2v) is 19.7. The fourth-order valence-corrected chi connectivity index (χ4v) is 8.48. The number of nitrogens with one attached hydrogen (secondary N) is 1. The van der Waals surface area contributed by atoms with E-state index >= 15 is 0 Å². The van der Waals surface area contributed by atoms with Gasteiger partial charge in [0.2, 0.25) is 5.91 Å². The molecule has 1 fully saturated rings. The topological polar surface area (TPSA) is 149 Å². The van der Waals surface area contributed by atoms with Crippen molar-refractivity contribution in [3.63, 3.8) is 0 Å². The van der Waals surface area contributed by atoms with Crippen LogP contribution in [-0.4, -0.2) is 87.5 Å². The number of aliphatic hydroxyl groups excluding tert-OH is 5. The number of carbonyl (C=O) groups excluding carboxylic acids is 1. The number of hydrogen-bond acceptors (Lipinski definition) is 8. The monoisotopic (exact) mass is 1020 g/mol. The molecule has 0 bridgehead atoms. The van der Waals surface area contributed by atoms with Gasteiger partial charge in [0.25, 0.3) is 0 Å². The van der Waals surface area contributed by atoms with Crippen LogP contribution in [0.1, 0.15) is 219 Å². The quantitative estimate of drug-likeness (QED) is 0.0261. The van der Waals surface area contributed by atoms with E-state index in [1.807, 2.05) is 0 Å². The van der Waals surface area contributed by atoms with Crippen molar-refractivity contribution in [2.45, 2.75) is 262 Å². The summed E-state index contributed by atoms with van der Waals surface area (Å²) >= 11 is 0. The summed E-state index contributed by atoms with van der Waals surface area (Å²) in [5.41, 5.74) is 0. The Hall–Kier alpha value is -3.41. The molecule has 1 saturated heterocycles. The molecule has 0 aromatic heterocycles. The summed E-state index contributed by atoms with van der Waals surface area (Å²) < 4.78 is 11.3. The molecule has 1 rings (SSSR count). The first-order valence-corrected chi connectivity index (χ1v) is 29.2. The van der Waals surface area contributed by atoms with Crippen molar-refractivity contribution in [2.24, 2.45) is 0 Å². The van der Waals surface area contributed by atoms with E-state index in [0.717, 1.165) is 96.3 Å². The molecule has 0 radical (unpaired) electrons. The van der Waals surface area contributed by atoms with E-state index in [0.29, 0.717) is 19.3 Å². The molecule has 0 aliphatic carbocycles. The Balaban J connectivity index is 2.26. The van der Waals surface area contributed by atoms with Crippen LogP contribution in [0, 0.1) is 0 Å². The molecular weight excluding hydrogens is 911 g/mol. The largest absolute Gasteiger partial charge is 0.394 e. The maximum Gasteiger partial charge on any atom is 0.220 e. The summed E-state index contributed by atoms with van der Waals surface area (Å²) in [5, 5.41) is 54.6. The van der Waals surface area contributed by atoms with Gasteiger partial charge >= 0.3 is 0 Å². The van der Waals surface area contributed by atoms with Crippen molar-refractivity contribution in [1.82, 2.24) is 5.32 Å². The van der Waals surface area contributed by atoms with E-state index in [4.69, 9.17) is 9.47 Å². The summed E-state index contributed by atoms with van der Waals surface area (Å²) in [7, 11) is 0. The fourth-order valence-electron chi connectivity index (χ4n) is 8.48. The molecule has 7 unspecified atom stereocenters. The lowest BCUT2D eigenvalue weighted by molar-refractivity contribution is -0.302. The molecule has 0 aromatic carbocycles. The van der Waals surface area contributed by atoms with Crippen LogP contribution < -0.4 is 5.32 Å². The minimum absolute atomic E-state index is 0.163. The average molecular weight is 1020 g/mol. The van der Waals surface area contributed by atoms with Gasteiger partial charge in [-0.25, -0.2) is 0 Å². The first kappa shape index (κ1) is 67.6. The fraction of sp³-hybridized carbons (Fsp3) is 0.672. The highest BCUT2D eigenvalue weighted by Gasteiger charge is 2.44. The summed E-state index contributed by atoms with van der Waals surface area (Å²) in [6.07, 6.45) is 70.8. The van der Waals surface area contributed by atoms with Gasteiger partial charge in [0.05, 0.1) is 25.4 Å². The van der Waals surface area contributed by atoms with Crippen LogP contribution in [0.4, 0.5) is 0 Å².